The molecule has 0 aliphatic carbocycles. The van der Waals surface area contributed by atoms with Gasteiger partial charge in [0.05, 0.1) is 6.54 Å². The second kappa shape index (κ2) is 10.2. The zero-order chi connectivity index (χ0) is 24.1. The molecule has 0 bridgehead atoms. The summed E-state index contributed by atoms with van der Waals surface area (Å²) in [7, 11) is 0. The van der Waals surface area contributed by atoms with Gasteiger partial charge in [-0.25, -0.2) is 9.18 Å². The van der Waals surface area contributed by atoms with Crippen molar-refractivity contribution < 1.29 is 23.5 Å². The molecule has 3 amide bonds. The van der Waals surface area contributed by atoms with Gasteiger partial charge in [-0.2, -0.15) is 0 Å². The van der Waals surface area contributed by atoms with Crippen LogP contribution in [0.25, 0.3) is 0 Å². The minimum absolute atomic E-state index is 0.156. The Morgan fingerprint density at radius 3 is 2.35 bits per heavy atom. The first kappa shape index (κ1) is 23.0. The summed E-state index contributed by atoms with van der Waals surface area (Å²) in [5.74, 6) is -1.17. The van der Waals surface area contributed by atoms with Crippen molar-refractivity contribution in [2.24, 2.45) is 0 Å². The number of halogens is 1. The van der Waals surface area contributed by atoms with E-state index in [2.05, 4.69) is 10.6 Å². The first-order chi connectivity index (χ1) is 16.4. The lowest BCUT2D eigenvalue weighted by Gasteiger charge is -2.24. The Labute approximate surface area is 196 Å². The molecule has 1 heterocycles. The van der Waals surface area contributed by atoms with Gasteiger partial charge in [0.25, 0.3) is 5.91 Å². The van der Waals surface area contributed by atoms with Crippen molar-refractivity contribution in [3.8, 4) is 0 Å². The van der Waals surface area contributed by atoms with Crippen molar-refractivity contribution in [1.82, 2.24) is 4.90 Å². The molecular weight excluding hydrogens is 437 g/mol. The van der Waals surface area contributed by atoms with E-state index >= 15 is 0 Å². The molecule has 0 spiro atoms. The summed E-state index contributed by atoms with van der Waals surface area (Å²) in [5.41, 5.74) is 2.18. The highest BCUT2D eigenvalue weighted by Crippen LogP contribution is 2.35. The Morgan fingerprint density at radius 1 is 0.941 bits per heavy atom. The molecule has 1 saturated heterocycles. The fourth-order valence-corrected chi connectivity index (χ4v) is 3.82. The number of carbonyl (C=O) groups is 3. The molecule has 8 heteroatoms. The van der Waals surface area contributed by atoms with E-state index in [1.165, 1.54) is 23.1 Å². The zero-order valence-electron chi connectivity index (χ0n) is 18.5. The predicted octanol–water partition coefficient (Wildman–Crippen LogP) is 4.88. The highest BCUT2D eigenvalue weighted by atomic mass is 19.1. The van der Waals surface area contributed by atoms with Crippen LogP contribution >= 0.6 is 0 Å². The van der Waals surface area contributed by atoms with Gasteiger partial charge in [-0.05, 0) is 41.5 Å². The number of amides is 3. The minimum Gasteiger partial charge on any atom is -0.438 e. The minimum atomic E-state index is -1.02. The molecule has 1 aliphatic rings. The highest BCUT2D eigenvalue weighted by molar-refractivity contribution is 5.98. The lowest BCUT2D eigenvalue weighted by Crippen LogP contribution is -2.43. The number of anilines is 2. The molecule has 0 radical (unpaired) electrons. The van der Waals surface area contributed by atoms with Crippen molar-refractivity contribution in [2.45, 2.75) is 32.0 Å². The molecule has 1 fully saturated rings. The molecule has 2 N–H and O–H groups in total. The summed E-state index contributed by atoms with van der Waals surface area (Å²) in [5, 5.41) is 5.47. The van der Waals surface area contributed by atoms with Crippen molar-refractivity contribution in [1.29, 1.82) is 0 Å². The molecule has 1 aliphatic heterocycles. The van der Waals surface area contributed by atoms with Crippen molar-refractivity contribution in [3.05, 3.63) is 95.8 Å². The zero-order valence-corrected chi connectivity index (χ0v) is 18.5. The second-order valence-electron chi connectivity index (χ2n) is 7.89. The number of carbonyl (C=O) groups excluding carboxylic acids is 3. The normalized spacial score (nSPS) is 17.2. The maximum atomic E-state index is 13.7. The Morgan fingerprint density at radius 2 is 1.65 bits per heavy atom. The molecular formula is C26H24FN3O4. The Kier molecular flexibility index (Phi) is 6.87. The van der Waals surface area contributed by atoms with E-state index in [0.29, 0.717) is 17.7 Å². The highest BCUT2D eigenvalue weighted by Gasteiger charge is 2.47. The summed E-state index contributed by atoms with van der Waals surface area (Å²) in [6.45, 7) is 1.90. The number of cyclic esters (lactones) is 1. The van der Waals surface area contributed by atoms with Gasteiger partial charge >= 0.3 is 6.09 Å². The Balaban J connectivity index is 1.66. The van der Waals surface area contributed by atoms with E-state index in [4.69, 9.17) is 4.74 Å². The van der Waals surface area contributed by atoms with E-state index in [0.717, 1.165) is 5.56 Å². The first-order valence-electron chi connectivity index (χ1n) is 10.9. The van der Waals surface area contributed by atoms with Crippen LogP contribution in [0.4, 0.5) is 20.6 Å². The van der Waals surface area contributed by atoms with E-state index < -0.39 is 30.0 Å². The Hall–Kier alpha value is -4.20. The summed E-state index contributed by atoms with van der Waals surface area (Å²) >= 11 is 0. The molecule has 2 unspecified atom stereocenters. The maximum absolute atomic E-state index is 13.7. The van der Waals surface area contributed by atoms with Gasteiger partial charge < -0.3 is 15.4 Å². The first-order valence-corrected chi connectivity index (χ1v) is 10.9. The van der Waals surface area contributed by atoms with Crippen LogP contribution in [-0.2, 0) is 20.9 Å². The van der Waals surface area contributed by atoms with Crippen LogP contribution < -0.4 is 10.6 Å². The predicted molar refractivity (Wildman–Crippen MR) is 125 cm³/mol. The number of ether oxygens (including phenoxy) is 1. The molecule has 174 valence electrons. The lowest BCUT2D eigenvalue weighted by atomic mass is 10.00. The molecule has 0 saturated carbocycles. The van der Waals surface area contributed by atoms with Crippen LogP contribution in [0.1, 0.15) is 30.6 Å². The number of hydrogen-bond donors (Lipinski definition) is 2. The number of nitrogens with zero attached hydrogens (tertiary/aromatic N) is 1. The van der Waals surface area contributed by atoms with Gasteiger partial charge in [0, 0.05) is 17.8 Å². The van der Waals surface area contributed by atoms with Crippen molar-refractivity contribution >= 4 is 29.3 Å². The van der Waals surface area contributed by atoms with Gasteiger partial charge in [-0.3, -0.25) is 14.5 Å². The summed E-state index contributed by atoms with van der Waals surface area (Å²) in [6.07, 6.45) is -1.26. The smallest absolute Gasteiger partial charge is 0.411 e. The van der Waals surface area contributed by atoms with Crippen LogP contribution in [0.15, 0.2) is 78.9 Å². The quantitative estimate of drug-likeness (QED) is 0.525. The number of hydrogen-bond acceptors (Lipinski definition) is 4. The molecule has 4 rings (SSSR count). The second-order valence-corrected chi connectivity index (χ2v) is 7.89. The number of rotatable bonds is 7. The molecule has 0 aromatic heterocycles. The van der Waals surface area contributed by atoms with Gasteiger partial charge in [-0.1, -0.05) is 55.5 Å². The van der Waals surface area contributed by atoms with E-state index in [9.17, 15) is 18.8 Å². The van der Waals surface area contributed by atoms with Gasteiger partial charge in [0.2, 0.25) is 5.91 Å². The number of benzene rings is 3. The largest absolute Gasteiger partial charge is 0.438 e. The topological polar surface area (TPSA) is 87.7 Å². The monoisotopic (exact) mass is 461 g/mol. The molecule has 3 aromatic rings. The van der Waals surface area contributed by atoms with E-state index in [-0.39, 0.29) is 18.1 Å². The van der Waals surface area contributed by atoms with Gasteiger partial charge in [0.1, 0.15) is 5.82 Å². The standard InChI is InChI=1S/C26H24FN3O4/c1-2-22(31)28-20-12-6-10-18(14-20)24-23(25(32)29-21-13-7-11-19(27)15-21)30(26(33)34-24)16-17-8-4-3-5-9-17/h3-15,23-24H,2,16H2,1H3,(H,28,31)(H,29,32). The average molecular weight is 461 g/mol. The van der Waals surface area contributed by atoms with Gasteiger partial charge in [0.15, 0.2) is 12.1 Å². The van der Waals surface area contributed by atoms with E-state index in [1.807, 2.05) is 30.3 Å². The fraction of sp³-hybridized carbons (Fsp3) is 0.192. The van der Waals surface area contributed by atoms with E-state index in [1.54, 1.807) is 37.3 Å². The summed E-state index contributed by atoms with van der Waals surface area (Å²) in [6, 6.07) is 20.6. The third kappa shape index (κ3) is 5.23. The van der Waals surface area contributed by atoms with Crippen LogP contribution in [0.2, 0.25) is 0 Å². The maximum Gasteiger partial charge on any atom is 0.411 e. The fourth-order valence-electron chi connectivity index (χ4n) is 3.82. The van der Waals surface area contributed by atoms with Crippen LogP contribution in [0, 0.1) is 5.82 Å². The molecule has 2 atom stereocenters. The third-order valence-electron chi connectivity index (χ3n) is 5.46. The summed E-state index contributed by atoms with van der Waals surface area (Å²) < 4.78 is 19.3. The van der Waals surface area contributed by atoms with Crippen LogP contribution in [0.5, 0.6) is 0 Å². The van der Waals surface area contributed by atoms with Crippen molar-refractivity contribution in [3.63, 3.8) is 0 Å². The molecule has 3 aromatic carbocycles. The SMILES string of the molecule is CCC(=O)Nc1cccc(C2OC(=O)N(Cc3ccccc3)C2C(=O)Nc2cccc(F)c2)c1. The van der Waals surface area contributed by atoms with Gasteiger partial charge in [-0.15, -0.1) is 0 Å². The van der Waals surface area contributed by atoms with Crippen LogP contribution in [-0.4, -0.2) is 28.8 Å². The summed E-state index contributed by atoms with van der Waals surface area (Å²) in [4.78, 5) is 39.5. The number of nitrogens with one attached hydrogen (secondary N) is 2. The lowest BCUT2D eigenvalue weighted by molar-refractivity contribution is -0.121. The molecule has 7 nitrogen and oxygen atoms in total. The van der Waals surface area contributed by atoms with Crippen molar-refractivity contribution in [2.75, 3.05) is 10.6 Å². The third-order valence-corrected chi connectivity index (χ3v) is 5.46. The van der Waals surface area contributed by atoms with Crippen LogP contribution in [0.3, 0.4) is 0 Å². The average Bonchev–Trinajstić information content (AvgIpc) is 3.16. The Bertz CT molecular complexity index is 1200. The molecule has 34 heavy (non-hydrogen) atoms.